The predicted octanol–water partition coefficient (Wildman–Crippen LogP) is 2.39. The third-order valence-electron chi connectivity index (χ3n) is 1.60. The fourth-order valence-electron chi connectivity index (χ4n) is 0.836. The molecule has 10 heavy (non-hydrogen) atoms. The van der Waals surface area contributed by atoms with Crippen molar-refractivity contribution >= 4 is 11.6 Å². The van der Waals surface area contributed by atoms with Gasteiger partial charge in [-0.2, -0.15) is 0 Å². The van der Waals surface area contributed by atoms with Crippen molar-refractivity contribution in [1.29, 1.82) is 0 Å². The Morgan fingerprint density at radius 3 is 2.10 bits per heavy atom. The number of aliphatic hydroxyl groups is 1. The van der Waals surface area contributed by atoms with Crippen molar-refractivity contribution in [2.45, 2.75) is 26.9 Å². The highest BCUT2D eigenvalue weighted by Gasteiger charge is 2.14. The third kappa shape index (κ3) is 3.23. The molecule has 60 valence electrons. The zero-order valence-electron chi connectivity index (χ0n) is 6.71. The van der Waals surface area contributed by atoms with Crippen LogP contribution in [-0.4, -0.2) is 11.2 Å². The maximum absolute atomic E-state index is 9.42. The predicted molar refractivity (Wildman–Crippen MR) is 45.0 cm³/mol. The second-order valence-electron chi connectivity index (χ2n) is 2.91. The SMILES string of the molecule is CC(C)[C@@H](O)[C@H](C)/C=C\Cl. The zero-order valence-corrected chi connectivity index (χ0v) is 7.47. The number of halogens is 1. The van der Waals surface area contributed by atoms with Gasteiger partial charge in [0.2, 0.25) is 0 Å². The Bertz CT molecular complexity index is 110. The van der Waals surface area contributed by atoms with E-state index in [1.54, 1.807) is 6.08 Å². The summed E-state index contributed by atoms with van der Waals surface area (Å²) in [6, 6.07) is 0. The molecule has 0 bridgehead atoms. The molecular formula is C8H15ClO. The molecule has 0 amide bonds. The quantitative estimate of drug-likeness (QED) is 0.676. The van der Waals surface area contributed by atoms with Crippen LogP contribution < -0.4 is 0 Å². The van der Waals surface area contributed by atoms with Crippen LogP contribution in [0.5, 0.6) is 0 Å². The van der Waals surface area contributed by atoms with Gasteiger partial charge in [-0.25, -0.2) is 0 Å². The first-order valence-corrected chi connectivity index (χ1v) is 3.98. The summed E-state index contributed by atoms with van der Waals surface area (Å²) in [5.41, 5.74) is 1.45. The summed E-state index contributed by atoms with van der Waals surface area (Å²) in [5.74, 6) is 0.445. The molecule has 0 unspecified atom stereocenters. The lowest BCUT2D eigenvalue weighted by Gasteiger charge is -2.18. The van der Waals surface area contributed by atoms with E-state index in [0.717, 1.165) is 0 Å². The summed E-state index contributed by atoms with van der Waals surface area (Å²) >= 11 is 5.35. The minimum atomic E-state index is -0.282. The Balaban J connectivity index is 3.81. The standard InChI is InChI=1S/C8H15ClO/c1-6(2)8(10)7(3)4-5-9/h4-8,10H,1-3H3/b5-4-/t7-,8-/m1/s1. The molecule has 0 radical (unpaired) electrons. The normalized spacial score (nSPS) is 18.2. The molecule has 0 aromatic heterocycles. The Labute approximate surface area is 67.7 Å². The van der Waals surface area contributed by atoms with E-state index in [1.165, 1.54) is 5.54 Å². The van der Waals surface area contributed by atoms with E-state index in [4.69, 9.17) is 11.6 Å². The Hall–Kier alpha value is -0.0100. The van der Waals surface area contributed by atoms with Crippen molar-refractivity contribution in [3.8, 4) is 0 Å². The van der Waals surface area contributed by atoms with Crippen molar-refractivity contribution in [1.82, 2.24) is 0 Å². The molecule has 2 atom stereocenters. The van der Waals surface area contributed by atoms with Crippen LogP contribution in [0.2, 0.25) is 0 Å². The summed E-state index contributed by atoms with van der Waals surface area (Å²) in [6.07, 6.45) is 1.52. The summed E-state index contributed by atoms with van der Waals surface area (Å²) < 4.78 is 0. The highest BCUT2D eigenvalue weighted by atomic mass is 35.5. The first-order valence-electron chi connectivity index (χ1n) is 3.54. The van der Waals surface area contributed by atoms with Crippen molar-refractivity contribution in [3.63, 3.8) is 0 Å². The van der Waals surface area contributed by atoms with Crippen molar-refractivity contribution < 1.29 is 5.11 Å². The van der Waals surface area contributed by atoms with Gasteiger partial charge in [-0.15, -0.1) is 0 Å². The number of hydrogen-bond acceptors (Lipinski definition) is 1. The zero-order chi connectivity index (χ0) is 8.15. The van der Waals surface area contributed by atoms with Gasteiger partial charge >= 0.3 is 0 Å². The molecule has 0 aromatic carbocycles. The van der Waals surface area contributed by atoms with Gasteiger partial charge in [0.25, 0.3) is 0 Å². The Morgan fingerprint density at radius 1 is 1.30 bits per heavy atom. The molecule has 0 fully saturated rings. The van der Waals surface area contributed by atoms with Gasteiger partial charge in [-0.1, -0.05) is 38.4 Å². The van der Waals surface area contributed by atoms with E-state index in [1.807, 2.05) is 20.8 Å². The second-order valence-corrected chi connectivity index (χ2v) is 3.16. The van der Waals surface area contributed by atoms with Crippen LogP contribution in [0.4, 0.5) is 0 Å². The molecule has 1 nitrogen and oxygen atoms in total. The van der Waals surface area contributed by atoms with Crippen LogP contribution in [0.25, 0.3) is 0 Å². The molecule has 0 spiro atoms. The number of hydrogen-bond donors (Lipinski definition) is 1. The molecule has 0 heterocycles. The summed E-state index contributed by atoms with van der Waals surface area (Å²) in [6.45, 7) is 5.93. The Morgan fingerprint density at radius 2 is 1.80 bits per heavy atom. The topological polar surface area (TPSA) is 20.2 Å². The minimum absolute atomic E-state index is 0.150. The molecule has 2 heteroatoms. The number of aliphatic hydroxyl groups excluding tert-OH is 1. The molecule has 1 N–H and O–H groups in total. The van der Waals surface area contributed by atoms with E-state index in [0.29, 0.717) is 5.92 Å². The molecule has 0 aliphatic carbocycles. The minimum Gasteiger partial charge on any atom is -0.392 e. The first kappa shape index (κ1) is 9.99. The van der Waals surface area contributed by atoms with Gasteiger partial charge in [-0.05, 0) is 5.92 Å². The smallest absolute Gasteiger partial charge is 0.0623 e. The molecule has 0 aliphatic rings. The largest absolute Gasteiger partial charge is 0.392 e. The molecular weight excluding hydrogens is 148 g/mol. The van der Waals surface area contributed by atoms with Crippen molar-refractivity contribution in [2.75, 3.05) is 0 Å². The fourth-order valence-corrected chi connectivity index (χ4v) is 1.07. The summed E-state index contributed by atoms with van der Waals surface area (Å²) in [7, 11) is 0. The molecule has 0 rings (SSSR count). The van der Waals surface area contributed by atoms with E-state index in [2.05, 4.69) is 0 Å². The van der Waals surface area contributed by atoms with Crippen LogP contribution in [0, 0.1) is 11.8 Å². The van der Waals surface area contributed by atoms with Gasteiger partial charge < -0.3 is 5.11 Å². The average molecular weight is 163 g/mol. The van der Waals surface area contributed by atoms with Crippen LogP contribution >= 0.6 is 11.6 Å². The monoisotopic (exact) mass is 162 g/mol. The van der Waals surface area contributed by atoms with Gasteiger partial charge in [0.15, 0.2) is 0 Å². The molecule has 0 aliphatic heterocycles. The van der Waals surface area contributed by atoms with Crippen molar-refractivity contribution in [2.24, 2.45) is 11.8 Å². The lowest BCUT2D eigenvalue weighted by molar-refractivity contribution is 0.0912. The van der Waals surface area contributed by atoms with Gasteiger partial charge in [0.05, 0.1) is 6.10 Å². The van der Waals surface area contributed by atoms with Crippen LogP contribution in [-0.2, 0) is 0 Å². The maximum Gasteiger partial charge on any atom is 0.0623 e. The van der Waals surface area contributed by atoms with E-state index >= 15 is 0 Å². The Kier molecular flexibility index (Phi) is 4.75. The first-order chi connectivity index (χ1) is 4.59. The average Bonchev–Trinajstić information content (AvgIpc) is 1.87. The van der Waals surface area contributed by atoms with Gasteiger partial charge in [0, 0.05) is 11.5 Å². The van der Waals surface area contributed by atoms with E-state index in [-0.39, 0.29) is 12.0 Å². The second kappa shape index (κ2) is 4.75. The maximum atomic E-state index is 9.42. The molecule has 0 saturated carbocycles. The lowest BCUT2D eigenvalue weighted by atomic mass is 9.95. The fraction of sp³-hybridized carbons (Fsp3) is 0.750. The summed E-state index contributed by atoms with van der Waals surface area (Å²) in [4.78, 5) is 0. The lowest BCUT2D eigenvalue weighted by Crippen LogP contribution is -2.21. The number of rotatable bonds is 3. The van der Waals surface area contributed by atoms with E-state index < -0.39 is 0 Å². The van der Waals surface area contributed by atoms with E-state index in [9.17, 15) is 5.11 Å². The third-order valence-corrected chi connectivity index (χ3v) is 1.74. The summed E-state index contributed by atoms with van der Waals surface area (Å²) in [5, 5.41) is 9.42. The van der Waals surface area contributed by atoms with Crippen LogP contribution in [0.1, 0.15) is 20.8 Å². The van der Waals surface area contributed by atoms with Crippen molar-refractivity contribution in [3.05, 3.63) is 11.6 Å². The highest BCUT2D eigenvalue weighted by molar-refractivity contribution is 6.25. The van der Waals surface area contributed by atoms with Crippen LogP contribution in [0.15, 0.2) is 11.6 Å². The van der Waals surface area contributed by atoms with Gasteiger partial charge in [0.1, 0.15) is 0 Å². The molecule has 0 saturated heterocycles. The van der Waals surface area contributed by atoms with Crippen LogP contribution in [0.3, 0.4) is 0 Å². The highest BCUT2D eigenvalue weighted by Crippen LogP contribution is 2.13. The molecule has 0 aromatic rings. The van der Waals surface area contributed by atoms with Gasteiger partial charge in [-0.3, -0.25) is 0 Å².